The summed E-state index contributed by atoms with van der Waals surface area (Å²) in [7, 11) is 0. The zero-order valence-electron chi connectivity index (χ0n) is 15.4. The van der Waals surface area contributed by atoms with Gasteiger partial charge >= 0.3 is 0 Å². The number of anilines is 3. The second-order valence-electron chi connectivity index (χ2n) is 6.46. The molecule has 4 rings (SSSR count). The second-order valence-corrected chi connectivity index (χ2v) is 6.46. The summed E-state index contributed by atoms with van der Waals surface area (Å²) in [5.74, 6) is 0.328. The fourth-order valence-electron chi connectivity index (χ4n) is 2.90. The molecule has 0 aliphatic carbocycles. The molecule has 0 saturated carbocycles. The first-order chi connectivity index (χ1) is 14.1. The van der Waals surface area contributed by atoms with E-state index in [2.05, 4.69) is 20.6 Å². The van der Waals surface area contributed by atoms with Crippen LogP contribution in [0.2, 0.25) is 0 Å². The smallest absolute Gasteiger partial charge is 0.248 e. The van der Waals surface area contributed by atoms with Crippen LogP contribution in [-0.2, 0) is 6.54 Å². The first-order valence-corrected chi connectivity index (χ1v) is 9.00. The first-order valence-electron chi connectivity index (χ1n) is 9.00. The number of hydrogen-bond acceptors (Lipinski definition) is 5. The van der Waals surface area contributed by atoms with E-state index in [0.29, 0.717) is 23.9 Å². The molecule has 0 radical (unpaired) electrons. The Labute approximate surface area is 166 Å². The molecular weight excluding hydrogens is 369 g/mol. The number of benzene rings is 3. The average Bonchev–Trinajstić information content (AvgIpc) is 2.73. The van der Waals surface area contributed by atoms with Gasteiger partial charge in [-0.15, -0.1) is 0 Å². The van der Waals surface area contributed by atoms with E-state index in [-0.39, 0.29) is 5.82 Å². The van der Waals surface area contributed by atoms with Gasteiger partial charge in [-0.25, -0.2) is 9.37 Å². The Balaban J connectivity index is 1.61. The summed E-state index contributed by atoms with van der Waals surface area (Å²) in [6.45, 7) is 0.494. The van der Waals surface area contributed by atoms with Gasteiger partial charge in [0.15, 0.2) is 0 Å². The lowest BCUT2D eigenvalue weighted by atomic mass is 10.2. The van der Waals surface area contributed by atoms with Crippen molar-refractivity contribution < 1.29 is 9.18 Å². The number of fused-ring (bicyclic) bond motifs is 1. The molecule has 0 unspecified atom stereocenters. The van der Waals surface area contributed by atoms with Crippen LogP contribution in [0.3, 0.4) is 0 Å². The molecule has 0 aliphatic rings. The molecule has 1 aromatic heterocycles. The van der Waals surface area contributed by atoms with Crippen LogP contribution in [0.1, 0.15) is 15.9 Å². The first kappa shape index (κ1) is 18.4. The molecule has 1 heterocycles. The lowest BCUT2D eigenvalue weighted by Gasteiger charge is -2.12. The number of nitrogens with zero attached hydrogens (tertiary/aromatic N) is 2. The van der Waals surface area contributed by atoms with Gasteiger partial charge < -0.3 is 16.4 Å². The standard InChI is InChI=1S/C22H18FN5O/c23-16-9-5-14(6-10-16)13-25-21-18-3-1-2-4-19(18)27-22(28-21)26-17-11-7-15(8-12-17)20(24)29/h1-12H,13H2,(H2,24,29)(H2,25,26,27,28). The average molecular weight is 387 g/mol. The van der Waals surface area contributed by atoms with E-state index in [9.17, 15) is 9.18 Å². The molecule has 0 aliphatic heterocycles. The zero-order valence-corrected chi connectivity index (χ0v) is 15.4. The van der Waals surface area contributed by atoms with Gasteiger partial charge in [0.1, 0.15) is 11.6 Å². The van der Waals surface area contributed by atoms with Crippen LogP contribution in [0.4, 0.5) is 21.8 Å². The van der Waals surface area contributed by atoms with Crippen LogP contribution in [0.5, 0.6) is 0 Å². The minimum Gasteiger partial charge on any atom is -0.366 e. The van der Waals surface area contributed by atoms with E-state index in [1.807, 2.05) is 24.3 Å². The maximum Gasteiger partial charge on any atom is 0.248 e. The Morgan fingerprint density at radius 1 is 0.931 bits per heavy atom. The SMILES string of the molecule is NC(=O)c1ccc(Nc2nc(NCc3ccc(F)cc3)c3ccccc3n2)cc1. The predicted octanol–water partition coefficient (Wildman–Crippen LogP) is 4.22. The second kappa shape index (κ2) is 7.93. The summed E-state index contributed by atoms with van der Waals surface area (Å²) in [5, 5.41) is 7.32. The quantitative estimate of drug-likeness (QED) is 0.461. The third-order valence-corrected chi connectivity index (χ3v) is 4.40. The Morgan fingerprint density at radius 2 is 1.66 bits per heavy atom. The van der Waals surface area contributed by atoms with Crippen molar-refractivity contribution in [2.45, 2.75) is 6.54 Å². The Hall–Kier alpha value is -4.00. The maximum absolute atomic E-state index is 13.1. The Kier molecular flexibility index (Phi) is 5.03. The number of carbonyl (C=O) groups excluding carboxylic acids is 1. The number of halogens is 1. The molecule has 0 saturated heterocycles. The Morgan fingerprint density at radius 3 is 2.38 bits per heavy atom. The van der Waals surface area contributed by atoms with Gasteiger partial charge in [0, 0.05) is 23.2 Å². The van der Waals surface area contributed by atoms with Crippen LogP contribution >= 0.6 is 0 Å². The van der Waals surface area contributed by atoms with Gasteiger partial charge in [0.05, 0.1) is 5.52 Å². The molecule has 0 spiro atoms. The number of carbonyl (C=O) groups is 1. The number of para-hydroxylation sites is 1. The number of amides is 1. The molecule has 29 heavy (non-hydrogen) atoms. The van der Waals surface area contributed by atoms with Gasteiger partial charge in [-0.3, -0.25) is 4.79 Å². The van der Waals surface area contributed by atoms with Crippen LogP contribution in [0.15, 0.2) is 72.8 Å². The minimum atomic E-state index is -0.481. The topological polar surface area (TPSA) is 92.9 Å². The van der Waals surface area contributed by atoms with E-state index in [0.717, 1.165) is 22.2 Å². The van der Waals surface area contributed by atoms with Gasteiger partial charge in [0.25, 0.3) is 0 Å². The molecule has 0 fully saturated rings. The molecule has 144 valence electrons. The van der Waals surface area contributed by atoms with Crippen molar-refractivity contribution >= 4 is 34.3 Å². The van der Waals surface area contributed by atoms with Crippen molar-refractivity contribution in [3.63, 3.8) is 0 Å². The van der Waals surface area contributed by atoms with Crippen molar-refractivity contribution in [2.75, 3.05) is 10.6 Å². The number of nitrogens with one attached hydrogen (secondary N) is 2. The van der Waals surface area contributed by atoms with Crippen molar-refractivity contribution in [3.8, 4) is 0 Å². The summed E-state index contributed by atoms with van der Waals surface area (Å²) in [6, 6.07) is 20.7. The normalized spacial score (nSPS) is 10.7. The lowest BCUT2D eigenvalue weighted by molar-refractivity contribution is 0.100. The predicted molar refractivity (Wildman–Crippen MR) is 112 cm³/mol. The van der Waals surface area contributed by atoms with Crippen molar-refractivity contribution in [1.29, 1.82) is 0 Å². The summed E-state index contributed by atoms with van der Waals surface area (Å²) < 4.78 is 13.1. The third-order valence-electron chi connectivity index (χ3n) is 4.40. The highest BCUT2D eigenvalue weighted by Crippen LogP contribution is 2.24. The van der Waals surface area contributed by atoms with Gasteiger partial charge in [-0.05, 0) is 54.1 Å². The van der Waals surface area contributed by atoms with E-state index >= 15 is 0 Å². The minimum absolute atomic E-state index is 0.268. The van der Waals surface area contributed by atoms with E-state index < -0.39 is 5.91 Å². The Bertz CT molecular complexity index is 1160. The van der Waals surface area contributed by atoms with Crippen LogP contribution < -0.4 is 16.4 Å². The largest absolute Gasteiger partial charge is 0.366 e. The molecule has 1 amide bonds. The summed E-state index contributed by atoms with van der Waals surface area (Å²) in [6.07, 6.45) is 0. The number of primary amides is 1. The summed E-state index contributed by atoms with van der Waals surface area (Å²) >= 11 is 0. The molecule has 3 aromatic carbocycles. The number of aromatic nitrogens is 2. The third kappa shape index (κ3) is 4.30. The van der Waals surface area contributed by atoms with Crippen LogP contribution in [-0.4, -0.2) is 15.9 Å². The van der Waals surface area contributed by atoms with E-state index in [1.54, 1.807) is 36.4 Å². The monoisotopic (exact) mass is 387 g/mol. The molecule has 0 atom stereocenters. The van der Waals surface area contributed by atoms with E-state index in [4.69, 9.17) is 5.73 Å². The zero-order chi connectivity index (χ0) is 20.2. The van der Waals surface area contributed by atoms with Crippen LogP contribution in [0, 0.1) is 5.82 Å². The van der Waals surface area contributed by atoms with Gasteiger partial charge in [-0.2, -0.15) is 4.98 Å². The highest BCUT2D eigenvalue weighted by molar-refractivity contribution is 5.93. The molecule has 0 bridgehead atoms. The van der Waals surface area contributed by atoms with Crippen molar-refractivity contribution in [1.82, 2.24) is 9.97 Å². The number of nitrogens with two attached hydrogens (primary N) is 1. The fraction of sp³-hybridized carbons (Fsp3) is 0.0455. The van der Waals surface area contributed by atoms with Gasteiger partial charge in [0.2, 0.25) is 11.9 Å². The molecule has 7 heteroatoms. The fourth-order valence-corrected chi connectivity index (χ4v) is 2.90. The lowest BCUT2D eigenvalue weighted by Crippen LogP contribution is -2.10. The van der Waals surface area contributed by atoms with Crippen molar-refractivity contribution in [3.05, 3.63) is 89.7 Å². The van der Waals surface area contributed by atoms with Crippen molar-refractivity contribution in [2.24, 2.45) is 5.73 Å². The molecule has 4 aromatic rings. The van der Waals surface area contributed by atoms with E-state index in [1.165, 1.54) is 12.1 Å². The number of rotatable bonds is 6. The van der Waals surface area contributed by atoms with Gasteiger partial charge in [-0.1, -0.05) is 24.3 Å². The van der Waals surface area contributed by atoms with Crippen LogP contribution in [0.25, 0.3) is 10.9 Å². The molecular formula is C22H18FN5O. The maximum atomic E-state index is 13.1. The number of hydrogen-bond donors (Lipinski definition) is 3. The highest BCUT2D eigenvalue weighted by Gasteiger charge is 2.08. The molecule has 6 nitrogen and oxygen atoms in total. The summed E-state index contributed by atoms with van der Waals surface area (Å²) in [5.41, 5.74) is 8.15. The summed E-state index contributed by atoms with van der Waals surface area (Å²) in [4.78, 5) is 20.4. The molecule has 4 N–H and O–H groups in total. The highest BCUT2D eigenvalue weighted by atomic mass is 19.1.